The molecule has 1 aliphatic heterocycles. The first-order valence-corrected chi connectivity index (χ1v) is 11.6. The number of allylic oxidation sites excluding steroid dienone is 1. The van der Waals surface area contributed by atoms with Gasteiger partial charge in [0, 0.05) is 11.5 Å². The number of fused-ring (bicyclic) bond motifs is 1. The fraction of sp³-hybridized carbons (Fsp3) is 0.241. The van der Waals surface area contributed by atoms with E-state index in [2.05, 4.69) is 30.3 Å². The maximum Gasteiger partial charge on any atom is 0.274 e. The van der Waals surface area contributed by atoms with Crippen molar-refractivity contribution in [2.45, 2.75) is 25.3 Å². The zero-order valence-electron chi connectivity index (χ0n) is 19.5. The van der Waals surface area contributed by atoms with Gasteiger partial charge in [-0.15, -0.1) is 0 Å². The lowest BCUT2D eigenvalue weighted by Crippen LogP contribution is -2.31. The summed E-state index contributed by atoms with van der Waals surface area (Å²) in [4.78, 5) is 13.6. The topological polar surface area (TPSA) is 51.1 Å². The van der Waals surface area contributed by atoms with Crippen LogP contribution in [0.1, 0.15) is 46.8 Å². The molecule has 1 amide bonds. The Morgan fingerprint density at radius 1 is 0.912 bits per heavy atom. The molecule has 0 N–H and O–H groups in total. The molecule has 0 aromatic heterocycles. The Kier molecular flexibility index (Phi) is 6.17. The van der Waals surface area contributed by atoms with Gasteiger partial charge in [0.25, 0.3) is 5.91 Å². The normalized spacial score (nSPS) is 20.6. The molecule has 1 aliphatic carbocycles. The van der Waals surface area contributed by atoms with Gasteiger partial charge in [0.15, 0.2) is 0 Å². The highest BCUT2D eigenvalue weighted by molar-refractivity contribution is 6.09. The van der Waals surface area contributed by atoms with Crippen molar-refractivity contribution in [2.75, 3.05) is 14.2 Å². The Balaban J connectivity index is 1.55. The molecule has 172 valence electrons. The molecule has 3 aromatic rings. The quantitative estimate of drug-likeness (QED) is 0.467. The van der Waals surface area contributed by atoms with E-state index in [1.807, 2.05) is 54.6 Å². The van der Waals surface area contributed by atoms with E-state index in [1.165, 1.54) is 5.57 Å². The van der Waals surface area contributed by atoms with E-state index in [4.69, 9.17) is 14.6 Å². The molecule has 3 aromatic carbocycles. The summed E-state index contributed by atoms with van der Waals surface area (Å²) >= 11 is 0. The van der Waals surface area contributed by atoms with Crippen molar-refractivity contribution < 1.29 is 14.3 Å². The maximum atomic E-state index is 13.6. The summed E-state index contributed by atoms with van der Waals surface area (Å²) in [5.41, 5.74) is 5.03. The SMILES string of the molecule is COc1ccc(/C=C2\CCC[C@H]3C2=NN(C(=O)c2ccccc2)[C@H]3c2ccc(OC)cc2)cc1. The molecule has 0 spiro atoms. The average Bonchev–Trinajstić information content (AvgIpc) is 3.30. The molecule has 1 saturated carbocycles. The summed E-state index contributed by atoms with van der Waals surface area (Å²) in [5.74, 6) is 1.71. The van der Waals surface area contributed by atoms with Crippen molar-refractivity contribution in [3.8, 4) is 11.5 Å². The summed E-state index contributed by atoms with van der Waals surface area (Å²) in [5, 5.41) is 6.67. The number of methoxy groups -OCH3 is 2. The molecule has 0 bridgehead atoms. The highest BCUT2D eigenvalue weighted by Gasteiger charge is 2.43. The maximum absolute atomic E-state index is 13.6. The number of rotatable bonds is 5. The van der Waals surface area contributed by atoms with Crippen LogP contribution in [-0.2, 0) is 0 Å². The van der Waals surface area contributed by atoms with Gasteiger partial charge in [-0.3, -0.25) is 4.79 Å². The number of carbonyl (C=O) groups is 1. The zero-order valence-corrected chi connectivity index (χ0v) is 19.5. The predicted octanol–water partition coefficient (Wildman–Crippen LogP) is 6.14. The number of ether oxygens (including phenoxy) is 2. The summed E-state index contributed by atoms with van der Waals surface area (Å²) in [7, 11) is 3.33. The first kappa shape index (κ1) is 22.0. The van der Waals surface area contributed by atoms with Crippen LogP contribution in [0.3, 0.4) is 0 Å². The van der Waals surface area contributed by atoms with Gasteiger partial charge in [-0.2, -0.15) is 5.10 Å². The van der Waals surface area contributed by atoms with Crippen LogP contribution >= 0.6 is 0 Å². The van der Waals surface area contributed by atoms with Gasteiger partial charge in [-0.1, -0.05) is 42.5 Å². The van der Waals surface area contributed by atoms with E-state index in [0.29, 0.717) is 5.56 Å². The van der Waals surface area contributed by atoms with Gasteiger partial charge < -0.3 is 9.47 Å². The Bertz CT molecular complexity index is 1210. The largest absolute Gasteiger partial charge is 0.497 e. The molecule has 1 heterocycles. The first-order valence-electron chi connectivity index (χ1n) is 11.6. The Labute approximate surface area is 200 Å². The van der Waals surface area contributed by atoms with E-state index in [-0.39, 0.29) is 17.9 Å². The number of hydrogen-bond acceptors (Lipinski definition) is 4. The van der Waals surface area contributed by atoms with Gasteiger partial charge in [-0.25, -0.2) is 5.01 Å². The van der Waals surface area contributed by atoms with Gasteiger partial charge >= 0.3 is 0 Å². The highest BCUT2D eigenvalue weighted by Crippen LogP contribution is 2.45. The van der Waals surface area contributed by atoms with Gasteiger partial charge in [0.1, 0.15) is 11.5 Å². The second-order valence-corrected chi connectivity index (χ2v) is 8.66. The van der Waals surface area contributed by atoms with E-state index < -0.39 is 0 Å². The van der Waals surface area contributed by atoms with Gasteiger partial charge in [0.05, 0.1) is 26.0 Å². The van der Waals surface area contributed by atoms with Crippen molar-refractivity contribution in [1.82, 2.24) is 5.01 Å². The van der Waals surface area contributed by atoms with Crippen molar-refractivity contribution in [2.24, 2.45) is 11.0 Å². The molecule has 5 rings (SSSR count). The summed E-state index contributed by atoms with van der Waals surface area (Å²) in [6.45, 7) is 0. The second kappa shape index (κ2) is 9.56. The number of benzene rings is 3. The van der Waals surface area contributed by atoms with Gasteiger partial charge in [-0.05, 0) is 78.4 Å². The van der Waals surface area contributed by atoms with E-state index in [9.17, 15) is 4.79 Å². The van der Waals surface area contributed by atoms with Crippen LogP contribution in [0.2, 0.25) is 0 Å². The van der Waals surface area contributed by atoms with Crippen LogP contribution in [0, 0.1) is 5.92 Å². The standard InChI is InChI=1S/C29H28N2O3/c1-33-24-15-11-20(12-16-24)19-23-9-6-10-26-27(23)30-31(29(32)22-7-4-3-5-8-22)28(26)21-13-17-25(34-2)18-14-21/h3-5,7-8,11-19,26,28H,6,9-10H2,1-2H3/b23-19+/t26-,28-/m0/s1. The minimum atomic E-state index is -0.145. The van der Waals surface area contributed by atoms with Crippen molar-refractivity contribution in [1.29, 1.82) is 0 Å². The minimum Gasteiger partial charge on any atom is -0.497 e. The Morgan fingerprint density at radius 2 is 1.56 bits per heavy atom. The highest BCUT2D eigenvalue weighted by atomic mass is 16.5. The first-order chi connectivity index (χ1) is 16.7. The number of amides is 1. The van der Waals surface area contributed by atoms with Crippen molar-refractivity contribution in [3.63, 3.8) is 0 Å². The van der Waals surface area contributed by atoms with Crippen molar-refractivity contribution >= 4 is 17.7 Å². The summed E-state index contributed by atoms with van der Waals surface area (Å²) < 4.78 is 10.6. The van der Waals surface area contributed by atoms with Crippen LogP contribution in [-0.4, -0.2) is 30.8 Å². The van der Waals surface area contributed by atoms with Gasteiger partial charge in [0.2, 0.25) is 0 Å². The molecule has 5 nitrogen and oxygen atoms in total. The molecule has 2 atom stereocenters. The number of hydrogen-bond donors (Lipinski definition) is 0. The second-order valence-electron chi connectivity index (χ2n) is 8.66. The predicted molar refractivity (Wildman–Crippen MR) is 134 cm³/mol. The van der Waals surface area contributed by atoms with Crippen LogP contribution in [0.15, 0.2) is 89.5 Å². The third-order valence-corrected chi connectivity index (χ3v) is 6.64. The van der Waals surface area contributed by atoms with Crippen LogP contribution in [0.4, 0.5) is 0 Å². The van der Waals surface area contributed by atoms with E-state index in [0.717, 1.165) is 47.6 Å². The van der Waals surface area contributed by atoms with Crippen LogP contribution < -0.4 is 9.47 Å². The molecule has 0 radical (unpaired) electrons. The number of nitrogens with zero attached hydrogens (tertiary/aromatic N) is 2. The number of carbonyl (C=O) groups excluding carboxylic acids is 1. The monoisotopic (exact) mass is 452 g/mol. The Morgan fingerprint density at radius 3 is 2.21 bits per heavy atom. The van der Waals surface area contributed by atoms with Crippen molar-refractivity contribution in [3.05, 3.63) is 101 Å². The van der Waals surface area contributed by atoms with E-state index >= 15 is 0 Å². The fourth-order valence-corrected chi connectivity index (χ4v) is 4.92. The third-order valence-electron chi connectivity index (χ3n) is 6.64. The third kappa shape index (κ3) is 4.21. The van der Waals surface area contributed by atoms with Crippen LogP contribution in [0.25, 0.3) is 6.08 Å². The lowest BCUT2D eigenvalue weighted by atomic mass is 9.77. The van der Waals surface area contributed by atoms with E-state index in [1.54, 1.807) is 19.2 Å². The molecule has 5 heteroatoms. The Hall–Kier alpha value is -3.86. The average molecular weight is 453 g/mol. The molecular formula is C29H28N2O3. The zero-order chi connectivity index (χ0) is 23.5. The molecule has 0 saturated heterocycles. The lowest BCUT2D eigenvalue weighted by molar-refractivity contribution is 0.0681. The molecule has 34 heavy (non-hydrogen) atoms. The van der Waals surface area contributed by atoms with Crippen LogP contribution in [0.5, 0.6) is 11.5 Å². The molecule has 1 fully saturated rings. The minimum absolute atomic E-state index is 0.0767. The summed E-state index contributed by atoms with van der Waals surface area (Å²) in [6, 6.07) is 25.3. The molecule has 2 aliphatic rings. The lowest BCUT2D eigenvalue weighted by Gasteiger charge is -2.29. The molecular weight excluding hydrogens is 424 g/mol. The number of hydrazone groups is 1. The smallest absolute Gasteiger partial charge is 0.274 e. The molecule has 0 unspecified atom stereocenters. The fourth-order valence-electron chi connectivity index (χ4n) is 4.92. The summed E-state index contributed by atoms with van der Waals surface area (Å²) in [6.07, 6.45) is 5.20.